The molecule has 0 spiro atoms. The van der Waals surface area contributed by atoms with Gasteiger partial charge in [0.15, 0.2) is 0 Å². The van der Waals surface area contributed by atoms with Crippen molar-refractivity contribution in [2.24, 2.45) is 23.7 Å². The highest BCUT2D eigenvalue weighted by molar-refractivity contribution is 4.70. The molecule has 0 N–H and O–H groups in total. The Kier molecular flexibility index (Phi) is 11.4. The highest BCUT2D eigenvalue weighted by Gasteiger charge is 2.21. The van der Waals surface area contributed by atoms with E-state index in [4.69, 9.17) is 9.47 Å². The predicted octanol–water partition coefficient (Wildman–Crippen LogP) is 6.33. The molecule has 140 valence electrons. The minimum Gasteiger partial charge on any atom is -0.379 e. The van der Waals surface area contributed by atoms with Crippen molar-refractivity contribution < 1.29 is 9.47 Å². The first kappa shape index (κ1) is 22.9. The molecule has 0 heterocycles. The monoisotopic (exact) mass is 328 g/mol. The van der Waals surface area contributed by atoms with Crippen molar-refractivity contribution in [2.45, 2.75) is 99.7 Å². The minimum atomic E-state index is -0.0806. The maximum absolute atomic E-state index is 6.12. The van der Waals surface area contributed by atoms with Gasteiger partial charge in [-0.2, -0.15) is 0 Å². The van der Waals surface area contributed by atoms with E-state index in [0.717, 1.165) is 49.7 Å². The van der Waals surface area contributed by atoms with Crippen molar-refractivity contribution >= 4 is 0 Å². The molecule has 0 aliphatic heterocycles. The SMILES string of the molecule is CC(C)CC(C)CC(C)C(C)CCOC(C)(C)CCOC(C)C. The Labute approximate surface area is 146 Å². The zero-order chi connectivity index (χ0) is 18.0. The normalized spacial score (nSPS) is 16.8. The molecule has 2 heteroatoms. The third kappa shape index (κ3) is 12.9. The average Bonchev–Trinajstić information content (AvgIpc) is 2.36. The van der Waals surface area contributed by atoms with Gasteiger partial charge in [0.05, 0.1) is 11.7 Å². The molecule has 0 fully saturated rings. The first-order valence-electron chi connectivity index (χ1n) is 9.79. The van der Waals surface area contributed by atoms with Crippen LogP contribution in [0.4, 0.5) is 0 Å². The van der Waals surface area contributed by atoms with E-state index in [1.54, 1.807) is 0 Å². The second-order valence-electron chi connectivity index (χ2n) is 8.99. The van der Waals surface area contributed by atoms with E-state index in [0.29, 0.717) is 6.10 Å². The summed E-state index contributed by atoms with van der Waals surface area (Å²) in [5.41, 5.74) is -0.0806. The van der Waals surface area contributed by atoms with Crippen LogP contribution in [0.25, 0.3) is 0 Å². The van der Waals surface area contributed by atoms with Crippen LogP contribution in [0, 0.1) is 23.7 Å². The fourth-order valence-electron chi connectivity index (χ4n) is 3.19. The molecule has 23 heavy (non-hydrogen) atoms. The number of hydrogen-bond acceptors (Lipinski definition) is 2. The Hall–Kier alpha value is -0.0800. The van der Waals surface area contributed by atoms with Crippen LogP contribution in [0.5, 0.6) is 0 Å². The van der Waals surface area contributed by atoms with Crippen molar-refractivity contribution in [1.82, 2.24) is 0 Å². The van der Waals surface area contributed by atoms with Crippen molar-refractivity contribution in [1.29, 1.82) is 0 Å². The van der Waals surface area contributed by atoms with E-state index in [9.17, 15) is 0 Å². The quantitative estimate of drug-likeness (QED) is 0.393. The van der Waals surface area contributed by atoms with Gasteiger partial charge in [0, 0.05) is 13.2 Å². The molecule has 0 amide bonds. The maximum Gasteiger partial charge on any atom is 0.0648 e. The minimum absolute atomic E-state index is 0.0806. The standard InChI is InChI=1S/C21H44O2/c1-16(2)14-18(5)15-20(7)19(6)10-12-23-21(8,9)11-13-22-17(3)4/h16-20H,10-15H2,1-9H3. The summed E-state index contributed by atoms with van der Waals surface area (Å²) in [5.74, 6) is 3.15. The van der Waals surface area contributed by atoms with Crippen molar-refractivity contribution in [3.05, 3.63) is 0 Å². The Morgan fingerprint density at radius 3 is 1.91 bits per heavy atom. The van der Waals surface area contributed by atoms with Gasteiger partial charge in [0.25, 0.3) is 0 Å². The van der Waals surface area contributed by atoms with Gasteiger partial charge >= 0.3 is 0 Å². The van der Waals surface area contributed by atoms with E-state index in [2.05, 4.69) is 62.3 Å². The maximum atomic E-state index is 6.12. The summed E-state index contributed by atoms with van der Waals surface area (Å²) in [4.78, 5) is 0. The second-order valence-corrected chi connectivity index (χ2v) is 8.99. The van der Waals surface area contributed by atoms with E-state index in [1.165, 1.54) is 12.8 Å². The summed E-state index contributed by atoms with van der Waals surface area (Å²) >= 11 is 0. The molecule has 0 aliphatic rings. The Morgan fingerprint density at radius 1 is 0.783 bits per heavy atom. The molecule has 0 bridgehead atoms. The van der Waals surface area contributed by atoms with Crippen LogP contribution in [0.1, 0.15) is 88.0 Å². The fraction of sp³-hybridized carbons (Fsp3) is 1.00. The lowest BCUT2D eigenvalue weighted by atomic mass is 9.83. The second kappa shape index (κ2) is 11.5. The van der Waals surface area contributed by atoms with Gasteiger partial charge in [-0.25, -0.2) is 0 Å². The van der Waals surface area contributed by atoms with Gasteiger partial charge in [-0.05, 0) is 77.0 Å². The Bertz CT molecular complexity index is 284. The summed E-state index contributed by atoms with van der Waals surface area (Å²) in [6.45, 7) is 22.0. The lowest BCUT2D eigenvalue weighted by molar-refractivity contribution is -0.0522. The van der Waals surface area contributed by atoms with Crippen LogP contribution >= 0.6 is 0 Å². The summed E-state index contributed by atoms with van der Waals surface area (Å²) < 4.78 is 11.8. The third-order valence-electron chi connectivity index (χ3n) is 4.84. The molecule has 3 unspecified atom stereocenters. The van der Waals surface area contributed by atoms with Crippen LogP contribution in [-0.4, -0.2) is 24.9 Å². The summed E-state index contributed by atoms with van der Waals surface area (Å²) in [7, 11) is 0. The summed E-state index contributed by atoms with van der Waals surface area (Å²) in [6, 6.07) is 0. The van der Waals surface area contributed by atoms with Crippen molar-refractivity contribution in [3.63, 3.8) is 0 Å². The van der Waals surface area contributed by atoms with Gasteiger partial charge in [-0.1, -0.05) is 34.6 Å². The van der Waals surface area contributed by atoms with Gasteiger partial charge in [0.1, 0.15) is 0 Å². The Morgan fingerprint density at radius 2 is 1.39 bits per heavy atom. The van der Waals surface area contributed by atoms with Gasteiger partial charge in [-0.15, -0.1) is 0 Å². The van der Waals surface area contributed by atoms with Gasteiger partial charge in [0.2, 0.25) is 0 Å². The first-order valence-corrected chi connectivity index (χ1v) is 9.79. The number of rotatable bonds is 13. The highest BCUT2D eigenvalue weighted by Crippen LogP contribution is 2.27. The van der Waals surface area contributed by atoms with E-state index >= 15 is 0 Å². The first-order chi connectivity index (χ1) is 10.5. The smallest absolute Gasteiger partial charge is 0.0648 e. The van der Waals surface area contributed by atoms with Crippen molar-refractivity contribution in [3.8, 4) is 0 Å². The molecule has 0 radical (unpaired) electrons. The highest BCUT2D eigenvalue weighted by atomic mass is 16.5. The van der Waals surface area contributed by atoms with Crippen LogP contribution in [0.2, 0.25) is 0 Å². The van der Waals surface area contributed by atoms with Gasteiger partial charge in [-0.3, -0.25) is 0 Å². The van der Waals surface area contributed by atoms with Crippen LogP contribution in [0.3, 0.4) is 0 Å². The largest absolute Gasteiger partial charge is 0.379 e. The molecule has 0 aromatic carbocycles. The van der Waals surface area contributed by atoms with Gasteiger partial charge < -0.3 is 9.47 Å². The molecule has 0 saturated carbocycles. The zero-order valence-electron chi connectivity index (χ0n) is 17.4. The van der Waals surface area contributed by atoms with E-state index < -0.39 is 0 Å². The predicted molar refractivity (Wildman–Crippen MR) is 102 cm³/mol. The lowest BCUT2D eigenvalue weighted by Gasteiger charge is -2.28. The fourth-order valence-corrected chi connectivity index (χ4v) is 3.19. The number of ether oxygens (including phenoxy) is 2. The topological polar surface area (TPSA) is 18.5 Å². The van der Waals surface area contributed by atoms with Crippen LogP contribution in [0.15, 0.2) is 0 Å². The molecule has 3 atom stereocenters. The lowest BCUT2D eigenvalue weighted by Crippen LogP contribution is -2.28. The van der Waals surface area contributed by atoms with E-state index in [1.807, 2.05) is 0 Å². The molecule has 0 rings (SSSR count). The van der Waals surface area contributed by atoms with Crippen molar-refractivity contribution in [2.75, 3.05) is 13.2 Å². The van der Waals surface area contributed by atoms with Crippen LogP contribution in [-0.2, 0) is 9.47 Å². The van der Waals surface area contributed by atoms with Crippen LogP contribution < -0.4 is 0 Å². The number of hydrogen-bond donors (Lipinski definition) is 0. The molecular weight excluding hydrogens is 284 g/mol. The average molecular weight is 329 g/mol. The summed E-state index contributed by atoms with van der Waals surface area (Å²) in [6.07, 6.45) is 5.10. The molecule has 2 nitrogen and oxygen atoms in total. The molecule has 0 aliphatic carbocycles. The summed E-state index contributed by atoms with van der Waals surface area (Å²) in [5, 5.41) is 0. The Balaban J connectivity index is 3.96. The third-order valence-corrected chi connectivity index (χ3v) is 4.84. The molecule has 0 saturated heterocycles. The molecular formula is C21H44O2. The molecule has 0 aromatic rings. The zero-order valence-corrected chi connectivity index (χ0v) is 17.4. The molecule has 0 aromatic heterocycles. The van der Waals surface area contributed by atoms with E-state index in [-0.39, 0.29) is 5.60 Å².